The largest absolute Gasteiger partial charge is 0.462 e. The summed E-state index contributed by atoms with van der Waals surface area (Å²) in [7, 11) is 0. The van der Waals surface area contributed by atoms with Crippen molar-refractivity contribution in [3.8, 4) is 0 Å². The van der Waals surface area contributed by atoms with Crippen molar-refractivity contribution in [1.29, 1.82) is 0 Å². The quantitative estimate of drug-likeness (QED) is 0.0332. The van der Waals surface area contributed by atoms with E-state index in [0.29, 0.717) is 83.3 Å². The standard InChI is InChI=1S/C14H18FNO2.C14H19NO2.C11H14FNO2.C11H11FO3.C11H12O3/c1-4-18-14(17)12-7-5-11(6-8-12)13(9-15)16-10(2)3;1-5-17-14(16)13-8-6-12(7-9-13)11(4)15-10(2)3;2*1-2-15-11(14)9-5-3-8(4-6-9)10(13)7-12;1-3-14-11(13)10-6-4-9(5-7-10)8(2)12/h5-8,10H,4,9H2,1-3H3;6-10H,5H2,1-4H3;3-6,10H,2,7,13H2,1H3;3-6H,2,7H2,1H3;4-7H,3H2,1-2H3. The molecule has 0 saturated heterocycles. The van der Waals surface area contributed by atoms with Gasteiger partial charge in [0.15, 0.2) is 18.2 Å². The summed E-state index contributed by atoms with van der Waals surface area (Å²) >= 11 is 0. The zero-order valence-corrected chi connectivity index (χ0v) is 46.9. The van der Waals surface area contributed by atoms with E-state index < -0.39 is 37.8 Å². The van der Waals surface area contributed by atoms with E-state index in [9.17, 15) is 46.7 Å². The number of hydrogen-bond acceptors (Lipinski definition) is 15. The van der Waals surface area contributed by atoms with Crippen LogP contribution in [0.25, 0.3) is 0 Å². The monoisotopic (exact) mass is 1100 g/mol. The first-order valence-electron chi connectivity index (χ1n) is 25.6. The Kier molecular flexibility index (Phi) is 33.5. The lowest BCUT2D eigenvalue weighted by Gasteiger charge is -2.07. The van der Waals surface area contributed by atoms with Crippen molar-refractivity contribution < 1.29 is 70.4 Å². The zero-order valence-electron chi connectivity index (χ0n) is 46.9. The van der Waals surface area contributed by atoms with E-state index in [2.05, 4.69) is 9.98 Å². The first-order valence-corrected chi connectivity index (χ1v) is 25.6. The molecule has 426 valence electrons. The van der Waals surface area contributed by atoms with Crippen molar-refractivity contribution in [1.82, 2.24) is 0 Å². The molecule has 0 bridgehead atoms. The summed E-state index contributed by atoms with van der Waals surface area (Å²) in [5.41, 5.74) is 12.4. The molecule has 5 aromatic rings. The number of benzene rings is 5. The highest BCUT2D eigenvalue weighted by Crippen LogP contribution is 2.14. The van der Waals surface area contributed by atoms with Crippen LogP contribution in [0.4, 0.5) is 13.2 Å². The molecule has 0 aliphatic heterocycles. The second kappa shape index (κ2) is 38.4. The lowest BCUT2D eigenvalue weighted by atomic mass is 10.1. The third-order valence-electron chi connectivity index (χ3n) is 10.2. The lowest BCUT2D eigenvalue weighted by Crippen LogP contribution is -2.12. The number of ether oxygens (including phenoxy) is 5. The van der Waals surface area contributed by atoms with E-state index >= 15 is 0 Å². The summed E-state index contributed by atoms with van der Waals surface area (Å²) in [5.74, 6) is -2.44. The molecule has 0 heterocycles. The number of hydrogen-bond donors (Lipinski definition) is 1. The third kappa shape index (κ3) is 26.2. The van der Waals surface area contributed by atoms with E-state index in [-0.39, 0.29) is 47.3 Å². The van der Waals surface area contributed by atoms with Crippen LogP contribution in [0, 0.1) is 0 Å². The minimum absolute atomic E-state index is 0.0135. The Morgan fingerprint density at radius 3 is 0.949 bits per heavy atom. The van der Waals surface area contributed by atoms with Crippen LogP contribution in [0.1, 0.15) is 171 Å². The summed E-state index contributed by atoms with van der Waals surface area (Å²) in [5, 5.41) is 0. The number of ketones is 2. The Bertz CT molecular complexity index is 2730. The molecule has 0 radical (unpaired) electrons. The van der Waals surface area contributed by atoms with E-state index in [4.69, 9.17) is 29.4 Å². The molecule has 1 unspecified atom stereocenters. The molecule has 0 aliphatic rings. The van der Waals surface area contributed by atoms with Crippen LogP contribution >= 0.6 is 0 Å². The minimum Gasteiger partial charge on any atom is -0.462 e. The Morgan fingerprint density at radius 2 is 0.684 bits per heavy atom. The van der Waals surface area contributed by atoms with Gasteiger partial charge in [0.05, 0.1) is 72.6 Å². The molecule has 15 nitrogen and oxygen atoms in total. The molecule has 18 heteroatoms. The fourth-order valence-corrected chi connectivity index (χ4v) is 6.34. The van der Waals surface area contributed by atoms with Crippen LogP contribution in [-0.2, 0) is 23.7 Å². The molecule has 2 N–H and O–H groups in total. The summed E-state index contributed by atoms with van der Waals surface area (Å²) < 4.78 is 61.3. The molecule has 0 spiro atoms. The van der Waals surface area contributed by atoms with Gasteiger partial charge in [-0.05, 0) is 154 Å². The van der Waals surface area contributed by atoms with Gasteiger partial charge in [-0.15, -0.1) is 0 Å². The number of nitrogens with two attached hydrogens (primary N) is 1. The summed E-state index contributed by atoms with van der Waals surface area (Å²) in [4.78, 5) is 87.1. The summed E-state index contributed by atoms with van der Waals surface area (Å²) in [6.07, 6.45) is 0. The maximum Gasteiger partial charge on any atom is 0.338 e. The molecule has 0 saturated carbocycles. The molecule has 5 rings (SSSR count). The van der Waals surface area contributed by atoms with E-state index in [0.717, 1.165) is 11.3 Å². The number of halogens is 3. The van der Waals surface area contributed by atoms with Crippen LogP contribution in [0.3, 0.4) is 0 Å². The average Bonchev–Trinajstić information content (AvgIpc) is 3.45. The molecule has 0 aromatic heterocycles. The number of Topliss-reactive ketones (excluding diaryl/α,β-unsaturated/α-hetero) is 2. The van der Waals surface area contributed by atoms with Gasteiger partial charge in [0.25, 0.3) is 0 Å². The van der Waals surface area contributed by atoms with Crippen molar-refractivity contribution in [2.45, 2.75) is 94.3 Å². The van der Waals surface area contributed by atoms with Crippen molar-refractivity contribution in [2.24, 2.45) is 15.7 Å². The van der Waals surface area contributed by atoms with Gasteiger partial charge in [0, 0.05) is 28.9 Å². The van der Waals surface area contributed by atoms with Gasteiger partial charge in [-0.25, -0.2) is 37.1 Å². The van der Waals surface area contributed by atoms with E-state index in [1.165, 1.54) is 31.2 Å². The van der Waals surface area contributed by atoms with Gasteiger partial charge in [-0.1, -0.05) is 60.7 Å². The Hall–Kier alpha value is -8.12. The number of aliphatic imine (C=N–C) groups is 2. The summed E-state index contributed by atoms with van der Waals surface area (Å²) in [6, 6.07) is 32.2. The summed E-state index contributed by atoms with van der Waals surface area (Å²) in [6.45, 7) is 19.5. The molecule has 0 aliphatic carbocycles. The third-order valence-corrected chi connectivity index (χ3v) is 10.2. The van der Waals surface area contributed by atoms with Gasteiger partial charge < -0.3 is 29.4 Å². The van der Waals surface area contributed by atoms with Crippen LogP contribution in [-0.4, -0.2) is 118 Å². The highest BCUT2D eigenvalue weighted by Gasteiger charge is 2.13. The van der Waals surface area contributed by atoms with Crippen LogP contribution in [0.5, 0.6) is 0 Å². The topological polar surface area (TPSA) is 216 Å². The highest BCUT2D eigenvalue weighted by molar-refractivity contribution is 6.03. The second-order valence-electron chi connectivity index (χ2n) is 17.0. The molecule has 0 amide bonds. The molecule has 1 atom stereocenters. The number of carbonyl (C=O) groups excluding carboxylic acids is 7. The Labute approximate surface area is 461 Å². The van der Waals surface area contributed by atoms with E-state index in [1.54, 1.807) is 120 Å². The van der Waals surface area contributed by atoms with Gasteiger partial charge >= 0.3 is 29.8 Å². The smallest absolute Gasteiger partial charge is 0.338 e. The maximum absolute atomic E-state index is 12.9. The van der Waals surface area contributed by atoms with Crippen LogP contribution < -0.4 is 5.73 Å². The van der Waals surface area contributed by atoms with Crippen LogP contribution in [0.15, 0.2) is 131 Å². The molecule has 79 heavy (non-hydrogen) atoms. The maximum atomic E-state index is 12.9. The predicted molar refractivity (Wildman–Crippen MR) is 300 cm³/mol. The fourth-order valence-electron chi connectivity index (χ4n) is 6.34. The lowest BCUT2D eigenvalue weighted by molar-refractivity contribution is 0.0516. The number of alkyl halides is 3. The Morgan fingerprint density at radius 1 is 0.405 bits per heavy atom. The van der Waals surface area contributed by atoms with Crippen molar-refractivity contribution >= 4 is 52.8 Å². The number of rotatable bonds is 20. The number of carbonyl (C=O) groups is 7. The Balaban J connectivity index is 0.000000495. The molecular formula is C61H74F3N3O12. The predicted octanol–water partition coefficient (Wildman–Crippen LogP) is 12.0. The van der Waals surface area contributed by atoms with Crippen molar-refractivity contribution in [3.05, 3.63) is 177 Å². The first-order chi connectivity index (χ1) is 37.6. The zero-order chi connectivity index (χ0) is 59.5. The van der Waals surface area contributed by atoms with E-state index in [1.807, 2.05) is 46.8 Å². The van der Waals surface area contributed by atoms with Crippen LogP contribution in [0.2, 0.25) is 0 Å². The molecule has 0 fully saturated rings. The molecule has 5 aromatic carbocycles. The van der Waals surface area contributed by atoms with Gasteiger partial charge in [0.2, 0.25) is 0 Å². The number of nitrogens with zero attached hydrogens (tertiary/aromatic N) is 2. The van der Waals surface area contributed by atoms with Crippen molar-refractivity contribution in [2.75, 3.05) is 53.1 Å². The second-order valence-corrected chi connectivity index (χ2v) is 17.0. The normalized spacial score (nSPS) is 11.1. The number of esters is 5. The molecular weight excluding hydrogens is 1020 g/mol. The first kappa shape index (κ1) is 68.9. The van der Waals surface area contributed by atoms with Gasteiger partial charge in [-0.2, -0.15) is 0 Å². The fraction of sp³-hybridized carbons (Fsp3) is 0.361. The van der Waals surface area contributed by atoms with Gasteiger partial charge in [0.1, 0.15) is 13.3 Å². The minimum atomic E-state index is -1.03. The van der Waals surface area contributed by atoms with Gasteiger partial charge in [-0.3, -0.25) is 19.6 Å². The average molecular weight is 1100 g/mol. The highest BCUT2D eigenvalue weighted by atomic mass is 19.1. The van der Waals surface area contributed by atoms with Crippen molar-refractivity contribution in [3.63, 3.8) is 0 Å². The SMILES string of the molecule is CCOC(=O)c1ccc(C(=O)CF)cc1.CCOC(=O)c1ccc(C(C)=NC(C)C)cc1.CCOC(=O)c1ccc(C(C)=O)cc1.CCOC(=O)c1ccc(C(CF)=NC(C)C)cc1.CCOC(=O)c1ccc(C(N)CF)cc1.